The number of carbonyl (C=O) groups is 2. The highest BCUT2D eigenvalue weighted by Gasteiger charge is 2.33. The summed E-state index contributed by atoms with van der Waals surface area (Å²) < 4.78 is 61.1. The average molecular weight is 543 g/mol. The zero-order valence-electron chi connectivity index (χ0n) is 21.0. The highest BCUT2D eigenvalue weighted by Crippen LogP contribution is 2.37. The fourth-order valence-corrected chi connectivity index (χ4v) is 3.60. The second kappa shape index (κ2) is 13.1. The third kappa shape index (κ3) is 7.16. The van der Waals surface area contributed by atoms with Crippen LogP contribution in [0.15, 0.2) is 48.5 Å². The quantitative estimate of drug-likeness (QED) is 0.249. The Labute approximate surface area is 222 Å². The van der Waals surface area contributed by atoms with E-state index in [0.717, 1.165) is 17.5 Å². The molecule has 0 saturated carbocycles. The Morgan fingerprint density at radius 2 is 1.82 bits per heavy atom. The number of rotatable bonds is 12. The lowest BCUT2D eigenvalue weighted by Gasteiger charge is -2.28. The summed E-state index contributed by atoms with van der Waals surface area (Å²) in [4.78, 5) is 27.5. The van der Waals surface area contributed by atoms with Crippen molar-refractivity contribution in [2.24, 2.45) is 0 Å². The number of carbonyl (C=O) groups excluding carboxylic acids is 1. The van der Waals surface area contributed by atoms with Crippen LogP contribution in [0.1, 0.15) is 30.9 Å². The molecule has 3 aromatic rings. The van der Waals surface area contributed by atoms with Gasteiger partial charge in [0.2, 0.25) is 11.6 Å². The first-order valence-electron chi connectivity index (χ1n) is 11.7. The zero-order chi connectivity index (χ0) is 28.5. The number of halogens is 3. The second-order valence-electron chi connectivity index (χ2n) is 8.15. The highest BCUT2D eigenvalue weighted by molar-refractivity contribution is 5.81. The molecule has 9 nitrogen and oxygen atoms in total. The number of esters is 1. The van der Waals surface area contributed by atoms with Gasteiger partial charge in [0.15, 0.2) is 11.5 Å². The molecule has 0 aliphatic heterocycles. The fraction of sp³-hybridized carbons (Fsp3) is 0.259. The van der Waals surface area contributed by atoms with Crippen molar-refractivity contribution in [2.45, 2.75) is 32.4 Å². The van der Waals surface area contributed by atoms with Crippen molar-refractivity contribution in [1.82, 2.24) is 4.98 Å². The van der Waals surface area contributed by atoms with Gasteiger partial charge in [0.25, 0.3) is 11.8 Å². The molecular formula is C27H24F3N3O6. The van der Waals surface area contributed by atoms with Crippen molar-refractivity contribution in [2.75, 3.05) is 18.6 Å². The molecule has 1 atom stereocenters. The molecule has 0 spiro atoms. The normalized spacial score (nSPS) is 11.3. The van der Waals surface area contributed by atoms with Gasteiger partial charge in [0.05, 0.1) is 18.2 Å². The van der Waals surface area contributed by atoms with E-state index in [2.05, 4.69) is 4.98 Å². The van der Waals surface area contributed by atoms with Crippen molar-refractivity contribution < 1.29 is 42.1 Å². The molecule has 1 aromatic heterocycles. The van der Waals surface area contributed by atoms with E-state index in [1.165, 1.54) is 25.1 Å². The van der Waals surface area contributed by atoms with Gasteiger partial charge < -0.3 is 24.2 Å². The van der Waals surface area contributed by atoms with Gasteiger partial charge in [-0.2, -0.15) is 23.4 Å². The van der Waals surface area contributed by atoms with Crippen LogP contribution in [0.5, 0.6) is 17.4 Å². The molecule has 0 aliphatic rings. The maximum atomic E-state index is 15.6. The molecule has 0 radical (unpaired) electrons. The van der Waals surface area contributed by atoms with Gasteiger partial charge in [0.1, 0.15) is 18.3 Å². The summed E-state index contributed by atoms with van der Waals surface area (Å²) in [6.07, 6.45) is -0.914. The molecule has 1 heterocycles. The molecule has 2 aromatic carbocycles. The number of nitrogens with zero attached hydrogens (tertiary/aromatic N) is 3. The van der Waals surface area contributed by atoms with Crippen LogP contribution < -0.4 is 14.4 Å². The Balaban J connectivity index is 2.00. The average Bonchev–Trinajstić information content (AvgIpc) is 2.91. The van der Waals surface area contributed by atoms with Crippen LogP contribution in [0.25, 0.3) is 0 Å². The molecular weight excluding hydrogens is 519 g/mol. The standard InChI is InChI=1S/C27H24F3N3O6/c1-3-37-27(36)18(10-12-21(34)35)33(2)24-22(28)25(30)32-26(23(24)29)39-20-13-17(14-31)9-11-19(20)38-15-16-7-5-4-6-8-16/h4-9,11,13,18H,3,10,12,15H2,1-2H3,(H,34,35). The van der Waals surface area contributed by atoms with Crippen LogP contribution in [-0.2, 0) is 20.9 Å². The van der Waals surface area contributed by atoms with Crippen molar-refractivity contribution >= 4 is 17.6 Å². The van der Waals surface area contributed by atoms with Crippen LogP contribution in [0, 0.1) is 28.9 Å². The molecule has 1 unspecified atom stereocenters. The number of ether oxygens (including phenoxy) is 3. The summed E-state index contributed by atoms with van der Waals surface area (Å²) in [6, 6.07) is 13.5. The monoisotopic (exact) mass is 543 g/mol. The minimum Gasteiger partial charge on any atom is -0.485 e. The van der Waals surface area contributed by atoms with Gasteiger partial charge in [-0.25, -0.2) is 4.79 Å². The number of pyridine rings is 1. The Morgan fingerprint density at radius 3 is 2.46 bits per heavy atom. The number of anilines is 1. The minimum absolute atomic E-state index is 0.0598. The van der Waals surface area contributed by atoms with E-state index >= 15 is 4.39 Å². The summed E-state index contributed by atoms with van der Waals surface area (Å²) in [5.74, 6) is -8.31. The van der Waals surface area contributed by atoms with E-state index in [1.807, 2.05) is 12.1 Å². The first-order valence-corrected chi connectivity index (χ1v) is 11.7. The maximum Gasteiger partial charge on any atom is 0.328 e. The summed E-state index contributed by atoms with van der Waals surface area (Å²) >= 11 is 0. The number of benzene rings is 2. The number of likely N-dealkylation sites (N-methyl/N-ethyl adjacent to an activating group) is 1. The number of aromatic nitrogens is 1. The molecule has 0 amide bonds. The van der Waals surface area contributed by atoms with Crippen molar-refractivity contribution in [1.29, 1.82) is 5.26 Å². The summed E-state index contributed by atoms with van der Waals surface area (Å²) in [7, 11) is 1.08. The molecule has 39 heavy (non-hydrogen) atoms. The van der Waals surface area contributed by atoms with Crippen molar-refractivity contribution in [3.63, 3.8) is 0 Å². The SMILES string of the molecule is CCOC(=O)C(CCC(=O)O)N(C)c1c(F)c(F)nc(Oc2cc(C#N)ccc2OCc2ccccc2)c1F. The number of carboxylic acid groups (broad SMARTS) is 1. The third-order valence-electron chi connectivity index (χ3n) is 5.51. The van der Waals surface area contributed by atoms with Gasteiger partial charge in [-0.05, 0) is 31.0 Å². The smallest absolute Gasteiger partial charge is 0.328 e. The van der Waals surface area contributed by atoms with Gasteiger partial charge in [0, 0.05) is 19.5 Å². The van der Waals surface area contributed by atoms with Crippen LogP contribution in [0.4, 0.5) is 18.9 Å². The van der Waals surface area contributed by atoms with Gasteiger partial charge in [-0.3, -0.25) is 4.79 Å². The molecule has 12 heteroatoms. The van der Waals surface area contributed by atoms with Crippen LogP contribution in [-0.4, -0.2) is 41.7 Å². The number of aliphatic carboxylic acids is 1. The Morgan fingerprint density at radius 1 is 1.10 bits per heavy atom. The van der Waals surface area contributed by atoms with Crippen molar-refractivity contribution in [3.8, 4) is 23.4 Å². The number of hydrogen-bond acceptors (Lipinski definition) is 8. The van der Waals surface area contributed by atoms with Crippen LogP contribution >= 0.6 is 0 Å². The van der Waals surface area contributed by atoms with Crippen molar-refractivity contribution in [3.05, 3.63) is 77.2 Å². The molecule has 0 bridgehead atoms. The van der Waals surface area contributed by atoms with Crippen LogP contribution in [0.2, 0.25) is 0 Å². The lowest BCUT2D eigenvalue weighted by atomic mass is 10.1. The van der Waals surface area contributed by atoms with Gasteiger partial charge >= 0.3 is 11.9 Å². The predicted molar refractivity (Wildman–Crippen MR) is 132 cm³/mol. The third-order valence-corrected chi connectivity index (χ3v) is 5.51. The van der Waals surface area contributed by atoms with Crippen LogP contribution in [0.3, 0.4) is 0 Å². The molecule has 0 saturated heterocycles. The predicted octanol–water partition coefficient (Wildman–Crippen LogP) is 4.97. The molecule has 1 N–H and O–H groups in total. The van der Waals surface area contributed by atoms with Gasteiger partial charge in [-0.1, -0.05) is 30.3 Å². The molecule has 0 aliphatic carbocycles. The molecule has 3 rings (SSSR count). The number of nitriles is 1. The largest absolute Gasteiger partial charge is 0.485 e. The summed E-state index contributed by atoms with van der Waals surface area (Å²) in [5.41, 5.74) is -0.127. The van der Waals surface area contributed by atoms with E-state index in [4.69, 9.17) is 19.3 Å². The van der Waals surface area contributed by atoms with E-state index in [9.17, 15) is 23.6 Å². The van der Waals surface area contributed by atoms with E-state index < -0.39 is 53.6 Å². The Bertz CT molecular complexity index is 1380. The highest BCUT2D eigenvalue weighted by atomic mass is 19.2. The zero-order valence-corrected chi connectivity index (χ0v) is 21.0. The maximum absolute atomic E-state index is 15.6. The van der Waals surface area contributed by atoms with E-state index in [0.29, 0.717) is 0 Å². The van der Waals surface area contributed by atoms with E-state index in [1.54, 1.807) is 24.3 Å². The van der Waals surface area contributed by atoms with E-state index in [-0.39, 0.29) is 36.7 Å². The second-order valence-corrected chi connectivity index (χ2v) is 8.15. The Hall–Kier alpha value is -4.79. The number of hydrogen-bond donors (Lipinski definition) is 1. The lowest BCUT2D eigenvalue weighted by Crippen LogP contribution is -2.41. The minimum atomic E-state index is -1.74. The molecule has 0 fully saturated rings. The first-order chi connectivity index (χ1) is 18.7. The Kier molecular flexibility index (Phi) is 9.69. The first kappa shape index (κ1) is 28.8. The number of carboxylic acids is 1. The molecule has 204 valence electrons. The lowest BCUT2D eigenvalue weighted by molar-refractivity contribution is -0.145. The van der Waals surface area contributed by atoms with Gasteiger partial charge in [-0.15, -0.1) is 0 Å². The summed E-state index contributed by atoms with van der Waals surface area (Å²) in [5, 5.41) is 18.3. The summed E-state index contributed by atoms with van der Waals surface area (Å²) in [6.45, 7) is 1.50. The fourth-order valence-electron chi connectivity index (χ4n) is 3.60. The topological polar surface area (TPSA) is 122 Å².